The molecule has 4 fully saturated rings. The van der Waals surface area contributed by atoms with Gasteiger partial charge >= 0.3 is 0 Å². The van der Waals surface area contributed by atoms with Crippen molar-refractivity contribution in [1.29, 1.82) is 0 Å². The van der Waals surface area contributed by atoms with Crippen LogP contribution in [0.4, 0.5) is 0 Å². The monoisotopic (exact) mass is 342 g/mol. The van der Waals surface area contributed by atoms with Crippen LogP contribution in [0.25, 0.3) is 0 Å². The van der Waals surface area contributed by atoms with Crippen LogP contribution in [0.15, 0.2) is 0 Å². The summed E-state index contributed by atoms with van der Waals surface area (Å²) in [5.41, 5.74) is -0.281. The third-order valence-electron chi connectivity index (χ3n) is 5.75. The van der Waals surface area contributed by atoms with E-state index in [2.05, 4.69) is 5.32 Å². The van der Waals surface area contributed by atoms with Crippen molar-refractivity contribution in [3.63, 3.8) is 0 Å². The quantitative estimate of drug-likeness (QED) is 0.809. The topological polar surface area (TPSA) is 75.7 Å². The molecule has 130 valence electrons. The molecule has 1 N–H and O–H groups in total. The number of nitrogens with one attached hydrogen (secondary N) is 1. The van der Waals surface area contributed by atoms with E-state index in [1.165, 1.54) is 12.8 Å². The van der Waals surface area contributed by atoms with Crippen molar-refractivity contribution in [1.82, 2.24) is 9.62 Å². The van der Waals surface area contributed by atoms with E-state index >= 15 is 0 Å². The summed E-state index contributed by atoms with van der Waals surface area (Å²) in [6.45, 7) is 1.85. The minimum absolute atomic E-state index is 0.0156. The lowest BCUT2D eigenvalue weighted by Gasteiger charge is -2.38. The van der Waals surface area contributed by atoms with Crippen LogP contribution in [0.5, 0.6) is 0 Å². The van der Waals surface area contributed by atoms with E-state index < -0.39 is 10.0 Å². The van der Waals surface area contributed by atoms with Gasteiger partial charge in [-0.05, 0) is 57.3 Å². The summed E-state index contributed by atoms with van der Waals surface area (Å²) in [5.74, 6) is 0.687. The fourth-order valence-corrected chi connectivity index (χ4v) is 5.62. The molecule has 0 aromatic carbocycles. The number of nitrogens with zero attached hydrogens (tertiary/aromatic N) is 1. The Morgan fingerprint density at radius 2 is 1.78 bits per heavy atom. The van der Waals surface area contributed by atoms with Gasteiger partial charge in [-0.3, -0.25) is 4.79 Å². The SMILES string of the molecule is O=C(NCC1CC1)C1CCC2(CCN(S(=O)(=O)C3CC3)CC2)O1. The highest BCUT2D eigenvalue weighted by molar-refractivity contribution is 7.90. The summed E-state index contributed by atoms with van der Waals surface area (Å²) in [5, 5.41) is 2.86. The Balaban J connectivity index is 1.30. The molecule has 7 heteroatoms. The van der Waals surface area contributed by atoms with Gasteiger partial charge in [-0.15, -0.1) is 0 Å². The minimum atomic E-state index is -3.08. The molecule has 2 aliphatic carbocycles. The van der Waals surface area contributed by atoms with E-state index in [0.717, 1.165) is 32.2 Å². The van der Waals surface area contributed by atoms with Crippen molar-refractivity contribution in [2.24, 2.45) is 5.92 Å². The van der Waals surface area contributed by atoms with Gasteiger partial charge in [0.1, 0.15) is 6.10 Å². The maximum absolute atomic E-state index is 12.3. The summed E-state index contributed by atoms with van der Waals surface area (Å²) < 4.78 is 32.3. The molecule has 6 nitrogen and oxygen atoms in total. The van der Waals surface area contributed by atoms with Gasteiger partial charge in [-0.2, -0.15) is 0 Å². The summed E-state index contributed by atoms with van der Waals surface area (Å²) >= 11 is 0. The molecule has 0 aromatic rings. The fourth-order valence-electron chi connectivity index (χ4n) is 3.77. The van der Waals surface area contributed by atoms with E-state index in [1.54, 1.807) is 4.31 Å². The zero-order valence-electron chi connectivity index (χ0n) is 13.5. The predicted molar refractivity (Wildman–Crippen MR) is 85.3 cm³/mol. The first kappa shape index (κ1) is 15.8. The molecule has 1 amide bonds. The van der Waals surface area contributed by atoms with Gasteiger partial charge in [0.25, 0.3) is 0 Å². The Morgan fingerprint density at radius 1 is 1.09 bits per heavy atom. The van der Waals surface area contributed by atoms with Gasteiger partial charge in [-0.1, -0.05) is 0 Å². The van der Waals surface area contributed by atoms with Gasteiger partial charge < -0.3 is 10.1 Å². The first-order valence-corrected chi connectivity index (χ1v) is 10.4. The Kier molecular flexibility index (Phi) is 3.93. The summed E-state index contributed by atoms with van der Waals surface area (Å²) in [7, 11) is -3.08. The van der Waals surface area contributed by atoms with Crippen molar-refractivity contribution >= 4 is 15.9 Å². The van der Waals surface area contributed by atoms with E-state index in [0.29, 0.717) is 31.8 Å². The van der Waals surface area contributed by atoms with Crippen LogP contribution >= 0.6 is 0 Å². The lowest BCUT2D eigenvalue weighted by molar-refractivity contribution is -0.139. The van der Waals surface area contributed by atoms with Crippen LogP contribution < -0.4 is 5.32 Å². The number of ether oxygens (including phenoxy) is 1. The first-order chi connectivity index (χ1) is 11.0. The van der Waals surface area contributed by atoms with Crippen molar-refractivity contribution in [2.45, 2.75) is 68.3 Å². The van der Waals surface area contributed by atoms with E-state index in [4.69, 9.17) is 4.74 Å². The standard InChI is InChI=1S/C16H26N2O4S/c19-15(17-11-12-1-2-12)14-5-6-16(22-14)7-9-18(10-8-16)23(20,21)13-3-4-13/h12-14H,1-11H2,(H,17,19). The second-order valence-corrected chi connectivity index (χ2v) is 9.87. The highest BCUT2D eigenvalue weighted by Crippen LogP contribution is 2.41. The van der Waals surface area contributed by atoms with Crippen LogP contribution in [0.3, 0.4) is 0 Å². The first-order valence-electron chi connectivity index (χ1n) is 8.93. The predicted octanol–water partition coefficient (Wildman–Crippen LogP) is 1.02. The molecular formula is C16H26N2O4S. The number of hydrogen-bond donors (Lipinski definition) is 1. The maximum atomic E-state index is 12.3. The third kappa shape index (κ3) is 3.28. The number of sulfonamides is 1. The molecule has 23 heavy (non-hydrogen) atoms. The molecule has 1 atom stereocenters. The van der Waals surface area contributed by atoms with Gasteiger partial charge in [0.05, 0.1) is 10.9 Å². The number of amides is 1. The lowest BCUT2D eigenvalue weighted by Crippen LogP contribution is -2.48. The van der Waals surface area contributed by atoms with Gasteiger partial charge in [0, 0.05) is 19.6 Å². The van der Waals surface area contributed by atoms with Crippen LogP contribution in [0.1, 0.15) is 51.4 Å². The molecule has 0 aromatic heterocycles. The summed E-state index contributed by atoms with van der Waals surface area (Å²) in [6, 6.07) is 0. The van der Waals surface area contributed by atoms with E-state index in [-0.39, 0.29) is 22.9 Å². The molecule has 4 aliphatic rings. The summed E-state index contributed by atoms with van der Waals surface area (Å²) in [6.07, 6.45) is 6.77. The highest BCUT2D eigenvalue weighted by atomic mass is 32.2. The van der Waals surface area contributed by atoms with Crippen molar-refractivity contribution in [2.75, 3.05) is 19.6 Å². The van der Waals surface area contributed by atoms with Crippen LogP contribution in [-0.2, 0) is 19.6 Å². The number of rotatable bonds is 5. The van der Waals surface area contributed by atoms with Crippen LogP contribution in [0.2, 0.25) is 0 Å². The smallest absolute Gasteiger partial charge is 0.249 e. The Bertz CT molecular complexity index is 575. The Labute approximate surface area is 138 Å². The number of piperidine rings is 1. The van der Waals surface area contributed by atoms with Crippen molar-refractivity contribution in [3.8, 4) is 0 Å². The average Bonchev–Trinajstić information content (AvgIpc) is 3.44. The van der Waals surface area contributed by atoms with E-state index in [9.17, 15) is 13.2 Å². The molecule has 1 unspecified atom stereocenters. The molecule has 4 rings (SSSR count). The number of carbonyl (C=O) groups excluding carboxylic acids is 1. The molecule has 2 aliphatic heterocycles. The molecular weight excluding hydrogens is 316 g/mol. The second-order valence-electron chi connectivity index (χ2n) is 7.66. The highest BCUT2D eigenvalue weighted by Gasteiger charge is 2.48. The fraction of sp³-hybridized carbons (Fsp3) is 0.938. The third-order valence-corrected chi connectivity index (χ3v) is 8.15. The molecule has 2 heterocycles. The maximum Gasteiger partial charge on any atom is 0.249 e. The Hall–Kier alpha value is -0.660. The zero-order valence-corrected chi connectivity index (χ0v) is 14.3. The van der Waals surface area contributed by atoms with E-state index in [1.807, 2.05) is 0 Å². The lowest BCUT2D eigenvalue weighted by atomic mass is 9.89. The van der Waals surface area contributed by atoms with Crippen molar-refractivity contribution < 1.29 is 17.9 Å². The number of carbonyl (C=O) groups is 1. The van der Waals surface area contributed by atoms with Crippen LogP contribution in [-0.4, -0.2) is 55.2 Å². The van der Waals surface area contributed by atoms with Crippen LogP contribution in [0, 0.1) is 5.92 Å². The molecule has 2 saturated heterocycles. The largest absolute Gasteiger partial charge is 0.362 e. The number of hydrogen-bond acceptors (Lipinski definition) is 4. The molecule has 0 bridgehead atoms. The van der Waals surface area contributed by atoms with Gasteiger partial charge in [-0.25, -0.2) is 12.7 Å². The van der Waals surface area contributed by atoms with Gasteiger partial charge in [0.2, 0.25) is 15.9 Å². The molecule has 0 radical (unpaired) electrons. The second kappa shape index (κ2) is 5.70. The zero-order chi connectivity index (χ0) is 16.1. The minimum Gasteiger partial charge on any atom is -0.362 e. The normalized spacial score (nSPS) is 31.4. The molecule has 2 saturated carbocycles. The average molecular weight is 342 g/mol. The summed E-state index contributed by atoms with van der Waals surface area (Å²) in [4.78, 5) is 12.2. The van der Waals surface area contributed by atoms with Gasteiger partial charge in [0.15, 0.2) is 0 Å². The Morgan fingerprint density at radius 3 is 2.39 bits per heavy atom. The van der Waals surface area contributed by atoms with Crippen molar-refractivity contribution in [3.05, 3.63) is 0 Å². The molecule has 1 spiro atoms.